The minimum Gasteiger partial charge on any atom is -0.287 e. The first-order valence-corrected chi connectivity index (χ1v) is 9.94. The van der Waals surface area contributed by atoms with Crippen molar-refractivity contribution in [2.24, 2.45) is 11.3 Å². The van der Waals surface area contributed by atoms with E-state index in [0.29, 0.717) is 11.0 Å². The molecule has 140 valence electrons. The molecular weight excluding hydrogens is 344 g/mol. The van der Waals surface area contributed by atoms with Gasteiger partial charge < -0.3 is 0 Å². The molecule has 0 aliphatic heterocycles. The van der Waals surface area contributed by atoms with Gasteiger partial charge in [-0.05, 0) is 59.9 Å². The molecule has 1 atom stereocenters. The fraction of sp³-hybridized carbons (Fsp3) is 0.240. The van der Waals surface area contributed by atoms with Crippen molar-refractivity contribution < 1.29 is 4.79 Å². The Morgan fingerprint density at radius 3 is 2.25 bits per heavy atom. The first kappa shape index (κ1) is 17.2. The molecule has 0 saturated heterocycles. The molecule has 0 heterocycles. The van der Waals surface area contributed by atoms with Gasteiger partial charge in [0, 0.05) is 5.56 Å². The summed E-state index contributed by atoms with van der Waals surface area (Å²) in [5.41, 5.74) is 12.3. The number of nitrogens with one attached hydrogen (secondary N) is 2. The van der Waals surface area contributed by atoms with E-state index in [0.717, 1.165) is 5.92 Å². The summed E-state index contributed by atoms with van der Waals surface area (Å²) in [7, 11) is 0. The van der Waals surface area contributed by atoms with Gasteiger partial charge in [-0.3, -0.25) is 10.2 Å². The van der Waals surface area contributed by atoms with Gasteiger partial charge in [-0.2, -0.15) is 0 Å². The smallest absolute Gasteiger partial charge is 0.265 e. The summed E-state index contributed by atoms with van der Waals surface area (Å²) < 4.78 is 0. The van der Waals surface area contributed by atoms with Gasteiger partial charge in [0.2, 0.25) is 0 Å². The van der Waals surface area contributed by atoms with Crippen LogP contribution in [0.2, 0.25) is 0 Å². The zero-order chi connectivity index (χ0) is 19.1. The third kappa shape index (κ3) is 3.02. The number of carbonyl (C=O) groups is 1. The molecule has 5 rings (SSSR count). The van der Waals surface area contributed by atoms with E-state index >= 15 is 0 Å². The van der Waals surface area contributed by atoms with E-state index in [9.17, 15) is 4.79 Å². The lowest BCUT2D eigenvalue weighted by Crippen LogP contribution is -2.42. The average molecular weight is 368 g/mol. The first-order valence-electron chi connectivity index (χ1n) is 9.94. The molecule has 3 nitrogen and oxygen atoms in total. The van der Waals surface area contributed by atoms with E-state index in [2.05, 4.69) is 66.3 Å². The molecule has 0 aromatic heterocycles. The zero-order valence-corrected chi connectivity index (χ0v) is 16.0. The van der Waals surface area contributed by atoms with E-state index in [4.69, 9.17) is 0 Å². The third-order valence-electron chi connectivity index (χ3n) is 6.32. The fourth-order valence-corrected chi connectivity index (χ4v) is 4.29. The second-order valence-electron chi connectivity index (χ2n) is 8.19. The Kier molecular flexibility index (Phi) is 4.06. The zero-order valence-electron chi connectivity index (χ0n) is 16.0. The van der Waals surface area contributed by atoms with E-state index in [-0.39, 0.29) is 11.9 Å². The molecule has 0 radical (unpaired) electrons. The number of amides is 1. The number of hydrogen-bond acceptors (Lipinski definition) is 2. The SMILES string of the molecule is Cc1ccc(-c2ccccc2C(NNC(=O)c2ccccc2)C23CC2C3)cc1. The number of aryl methyl sites for hydroxylation is 1. The number of hydrazine groups is 1. The highest BCUT2D eigenvalue weighted by Crippen LogP contribution is 2.80. The maximum atomic E-state index is 12.6. The molecule has 2 aliphatic carbocycles. The van der Waals surface area contributed by atoms with Crippen LogP contribution in [-0.4, -0.2) is 5.91 Å². The van der Waals surface area contributed by atoms with E-state index in [1.807, 2.05) is 30.3 Å². The lowest BCUT2D eigenvalue weighted by atomic mass is 9.89. The van der Waals surface area contributed by atoms with Crippen molar-refractivity contribution in [2.45, 2.75) is 25.8 Å². The van der Waals surface area contributed by atoms with E-state index in [1.54, 1.807) is 0 Å². The number of rotatable bonds is 6. The molecule has 2 fully saturated rings. The Balaban J connectivity index is 1.44. The monoisotopic (exact) mass is 368 g/mol. The molecule has 0 spiro atoms. The highest BCUT2D eigenvalue weighted by Gasteiger charge is 2.73. The van der Waals surface area contributed by atoms with Crippen molar-refractivity contribution >= 4 is 5.91 Å². The van der Waals surface area contributed by atoms with Gasteiger partial charge in [-0.1, -0.05) is 72.3 Å². The predicted octanol–water partition coefficient (Wildman–Crippen LogP) is 5.05. The quantitative estimate of drug-likeness (QED) is 0.598. The minimum absolute atomic E-state index is 0.0901. The number of carbonyl (C=O) groups excluding carboxylic acids is 1. The van der Waals surface area contributed by atoms with Gasteiger partial charge >= 0.3 is 0 Å². The van der Waals surface area contributed by atoms with Crippen LogP contribution in [0.5, 0.6) is 0 Å². The maximum Gasteiger partial charge on any atom is 0.265 e. The molecular formula is C25H24N2O. The van der Waals surface area contributed by atoms with Crippen LogP contribution in [0.3, 0.4) is 0 Å². The molecule has 3 aromatic carbocycles. The van der Waals surface area contributed by atoms with Crippen LogP contribution >= 0.6 is 0 Å². The summed E-state index contributed by atoms with van der Waals surface area (Å²) in [6.45, 7) is 2.11. The molecule has 1 amide bonds. The summed E-state index contributed by atoms with van der Waals surface area (Å²) in [6.07, 6.45) is 2.49. The van der Waals surface area contributed by atoms with Crippen molar-refractivity contribution in [1.29, 1.82) is 0 Å². The lowest BCUT2D eigenvalue weighted by Gasteiger charge is -2.25. The van der Waals surface area contributed by atoms with Crippen LogP contribution in [0, 0.1) is 18.3 Å². The second kappa shape index (κ2) is 6.61. The van der Waals surface area contributed by atoms with Crippen LogP contribution in [0.15, 0.2) is 78.9 Å². The van der Waals surface area contributed by atoms with Gasteiger partial charge in [0.05, 0.1) is 6.04 Å². The molecule has 28 heavy (non-hydrogen) atoms. The highest BCUT2D eigenvalue weighted by atomic mass is 16.2. The Labute approximate surface area is 165 Å². The van der Waals surface area contributed by atoms with Gasteiger partial charge in [0.25, 0.3) is 5.91 Å². The molecule has 3 heteroatoms. The Morgan fingerprint density at radius 1 is 0.929 bits per heavy atom. The summed E-state index contributed by atoms with van der Waals surface area (Å²) >= 11 is 0. The van der Waals surface area contributed by atoms with Crippen molar-refractivity contribution in [3.8, 4) is 11.1 Å². The van der Waals surface area contributed by atoms with Gasteiger partial charge in [0.15, 0.2) is 0 Å². The van der Waals surface area contributed by atoms with Crippen LogP contribution in [0.1, 0.15) is 40.4 Å². The molecule has 0 bridgehead atoms. The first-order chi connectivity index (χ1) is 13.7. The normalized spacial score (nSPS) is 22.8. The van der Waals surface area contributed by atoms with Crippen LogP contribution < -0.4 is 10.9 Å². The standard InChI is InChI=1S/C25H24N2O/c1-17-11-13-18(14-12-17)21-9-5-6-10-22(21)23(25-15-20(25)16-25)26-27-24(28)19-7-3-2-4-8-19/h2-14,20,23,26H,15-16H2,1H3,(H,27,28). The molecule has 2 aliphatic rings. The van der Waals surface area contributed by atoms with Gasteiger partial charge in [-0.25, -0.2) is 5.43 Å². The highest BCUT2D eigenvalue weighted by molar-refractivity contribution is 5.93. The van der Waals surface area contributed by atoms with E-state index < -0.39 is 0 Å². The molecule has 1 unspecified atom stereocenters. The van der Waals surface area contributed by atoms with Crippen molar-refractivity contribution in [3.63, 3.8) is 0 Å². The topological polar surface area (TPSA) is 41.1 Å². The Morgan fingerprint density at radius 2 is 1.57 bits per heavy atom. The number of fused-ring (bicyclic) bond motifs is 1. The summed E-state index contributed by atoms with van der Waals surface area (Å²) in [6, 6.07) is 26.7. The Bertz CT molecular complexity index is 1000. The minimum atomic E-state index is -0.0901. The summed E-state index contributed by atoms with van der Waals surface area (Å²) in [4.78, 5) is 12.6. The fourth-order valence-electron chi connectivity index (χ4n) is 4.29. The van der Waals surface area contributed by atoms with Gasteiger partial charge in [0.1, 0.15) is 0 Å². The molecule has 3 aromatic rings. The largest absolute Gasteiger partial charge is 0.287 e. The lowest BCUT2D eigenvalue weighted by molar-refractivity contribution is 0.0919. The van der Waals surface area contributed by atoms with Crippen LogP contribution in [0.4, 0.5) is 0 Å². The average Bonchev–Trinajstić information content (AvgIpc) is 3.61. The molecule has 2 saturated carbocycles. The van der Waals surface area contributed by atoms with Gasteiger partial charge in [-0.15, -0.1) is 0 Å². The summed E-state index contributed by atoms with van der Waals surface area (Å²) in [5, 5.41) is 0. The maximum absolute atomic E-state index is 12.6. The number of benzene rings is 3. The number of hydrogen-bond donors (Lipinski definition) is 2. The van der Waals surface area contributed by atoms with Crippen LogP contribution in [0.25, 0.3) is 11.1 Å². The van der Waals surface area contributed by atoms with Crippen molar-refractivity contribution in [2.75, 3.05) is 0 Å². The van der Waals surface area contributed by atoms with Crippen molar-refractivity contribution in [1.82, 2.24) is 10.9 Å². The van der Waals surface area contributed by atoms with Crippen LogP contribution in [-0.2, 0) is 0 Å². The predicted molar refractivity (Wildman–Crippen MR) is 112 cm³/mol. The summed E-state index contributed by atoms with van der Waals surface area (Å²) in [5.74, 6) is 0.706. The second-order valence-corrected chi connectivity index (χ2v) is 8.19. The Hall–Kier alpha value is -2.91. The van der Waals surface area contributed by atoms with Crippen molar-refractivity contribution in [3.05, 3.63) is 95.6 Å². The molecule has 2 N–H and O–H groups in total. The van der Waals surface area contributed by atoms with E-state index in [1.165, 1.54) is 35.1 Å². The third-order valence-corrected chi connectivity index (χ3v) is 6.32.